The first kappa shape index (κ1) is 16.5. The Morgan fingerprint density at radius 2 is 1.90 bits per heavy atom. The summed E-state index contributed by atoms with van der Waals surface area (Å²) in [5, 5.41) is -0.570. The molecule has 21 heavy (non-hydrogen) atoms. The molecule has 1 aliphatic rings. The molecule has 2 atom stereocenters. The molecule has 2 rings (SSSR count). The van der Waals surface area contributed by atoms with Crippen LogP contribution in [0.2, 0.25) is 0 Å². The number of hydrogen-bond acceptors (Lipinski definition) is 3. The second kappa shape index (κ2) is 7.40. The highest BCUT2D eigenvalue weighted by atomic mass is 79.9. The van der Waals surface area contributed by atoms with E-state index in [9.17, 15) is 9.00 Å². The Morgan fingerprint density at radius 1 is 1.29 bits per heavy atom. The van der Waals surface area contributed by atoms with Gasteiger partial charge < -0.3 is 10.6 Å². The zero-order valence-corrected chi connectivity index (χ0v) is 14.6. The molecule has 1 saturated heterocycles. The van der Waals surface area contributed by atoms with Crippen molar-refractivity contribution in [3.05, 3.63) is 22.7 Å². The SMILES string of the molecule is CC(C(=O)N1CCCCCC1)S(=O)c1cc(Br)ccc1N. The van der Waals surface area contributed by atoms with Crippen LogP contribution in [0.4, 0.5) is 5.69 Å². The van der Waals surface area contributed by atoms with Crippen molar-refractivity contribution >= 4 is 38.3 Å². The Kier molecular flexibility index (Phi) is 5.81. The zero-order chi connectivity index (χ0) is 15.4. The number of carbonyl (C=O) groups is 1. The number of amides is 1. The molecule has 1 aliphatic heterocycles. The van der Waals surface area contributed by atoms with Crippen molar-refractivity contribution in [2.24, 2.45) is 0 Å². The van der Waals surface area contributed by atoms with E-state index in [0.717, 1.165) is 30.4 Å². The molecule has 1 aromatic carbocycles. The Hall–Kier alpha value is -0.880. The first-order chi connectivity index (χ1) is 10.0. The van der Waals surface area contributed by atoms with Gasteiger partial charge in [0.25, 0.3) is 0 Å². The molecule has 1 amide bonds. The van der Waals surface area contributed by atoms with E-state index < -0.39 is 16.0 Å². The van der Waals surface area contributed by atoms with Gasteiger partial charge in [0.2, 0.25) is 5.91 Å². The van der Waals surface area contributed by atoms with Crippen LogP contribution in [-0.4, -0.2) is 33.4 Å². The lowest BCUT2D eigenvalue weighted by Crippen LogP contribution is -2.40. The third-order valence-electron chi connectivity index (χ3n) is 3.78. The number of carbonyl (C=O) groups excluding carboxylic acids is 1. The van der Waals surface area contributed by atoms with Crippen molar-refractivity contribution in [1.82, 2.24) is 4.90 Å². The van der Waals surface area contributed by atoms with Crippen LogP contribution < -0.4 is 5.73 Å². The van der Waals surface area contributed by atoms with E-state index in [1.807, 2.05) is 4.90 Å². The van der Waals surface area contributed by atoms with Crippen molar-refractivity contribution in [3.8, 4) is 0 Å². The molecule has 0 saturated carbocycles. The van der Waals surface area contributed by atoms with E-state index in [-0.39, 0.29) is 5.91 Å². The Morgan fingerprint density at radius 3 is 2.52 bits per heavy atom. The summed E-state index contributed by atoms with van der Waals surface area (Å²) in [4.78, 5) is 14.9. The van der Waals surface area contributed by atoms with E-state index >= 15 is 0 Å². The van der Waals surface area contributed by atoms with Crippen LogP contribution in [-0.2, 0) is 15.6 Å². The first-order valence-corrected chi connectivity index (χ1v) is 9.25. The van der Waals surface area contributed by atoms with Crippen LogP contribution in [0.25, 0.3) is 0 Å². The smallest absolute Gasteiger partial charge is 0.238 e. The molecule has 116 valence electrons. The second-order valence-electron chi connectivity index (χ2n) is 5.36. The van der Waals surface area contributed by atoms with Crippen LogP contribution in [0.15, 0.2) is 27.6 Å². The lowest BCUT2D eigenvalue weighted by Gasteiger charge is -2.24. The van der Waals surface area contributed by atoms with Crippen LogP contribution >= 0.6 is 15.9 Å². The third-order valence-corrected chi connectivity index (χ3v) is 5.90. The normalized spacial score (nSPS) is 18.9. The highest BCUT2D eigenvalue weighted by Crippen LogP contribution is 2.24. The zero-order valence-electron chi connectivity index (χ0n) is 12.2. The van der Waals surface area contributed by atoms with E-state index in [2.05, 4.69) is 15.9 Å². The lowest BCUT2D eigenvalue weighted by molar-refractivity contribution is -0.130. The predicted octanol–water partition coefficient (Wildman–Crippen LogP) is 2.93. The number of halogens is 1. The van der Waals surface area contributed by atoms with Gasteiger partial charge >= 0.3 is 0 Å². The molecule has 4 nitrogen and oxygen atoms in total. The minimum Gasteiger partial charge on any atom is -0.398 e. The van der Waals surface area contributed by atoms with Gasteiger partial charge in [0.15, 0.2) is 0 Å². The maximum atomic E-state index is 12.7. The monoisotopic (exact) mass is 372 g/mol. The molecule has 6 heteroatoms. The molecule has 0 aliphatic carbocycles. The molecule has 1 aromatic rings. The average Bonchev–Trinajstić information content (AvgIpc) is 2.76. The molecule has 0 bridgehead atoms. The number of likely N-dealkylation sites (tertiary alicyclic amines) is 1. The summed E-state index contributed by atoms with van der Waals surface area (Å²) in [6.07, 6.45) is 4.40. The molecule has 0 spiro atoms. The van der Waals surface area contributed by atoms with Crippen LogP contribution in [0.5, 0.6) is 0 Å². The van der Waals surface area contributed by atoms with Gasteiger partial charge in [0, 0.05) is 23.2 Å². The fourth-order valence-electron chi connectivity index (χ4n) is 2.51. The lowest BCUT2D eigenvalue weighted by atomic mass is 10.2. The van der Waals surface area contributed by atoms with E-state index in [4.69, 9.17) is 5.73 Å². The van der Waals surface area contributed by atoms with E-state index in [1.165, 1.54) is 12.8 Å². The van der Waals surface area contributed by atoms with Crippen LogP contribution in [0, 0.1) is 0 Å². The van der Waals surface area contributed by atoms with E-state index in [1.54, 1.807) is 25.1 Å². The van der Waals surface area contributed by atoms with Gasteiger partial charge in [-0.25, -0.2) is 0 Å². The van der Waals surface area contributed by atoms with Gasteiger partial charge in [-0.3, -0.25) is 9.00 Å². The summed E-state index contributed by atoms with van der Waals surface area (Å²) in [6.45, 7) is 3.27. The molecular formula is C15H21BrN2O2S. The van der Waals surface area contributed by atoms with Gasteiger partial charge in [-0.05, 0) is 38.0 Å². The molecule has 2 unspecified atom stereocenters. The van der Waals surface area contributed by atoms with Gasteiger partial charge in [-0.2, -0.15) is 0 Å². The van der Waals surface area contributed by atoms with Crippen molar-refractivity contribution in [1.29, 1.82) is 0 Å². The maximum absolute atomic E-state index is 12.7. The van der Waals surface area contributed by atoms with Crippen molar-refractivity contribution in [2.75, 3.05) is 18.8 Å². The Bertz CT molecular complexity index is 542. The highest BCUT2D eigenvalue weighted by Gasteiger charge is 2.27. The van der Waals surface area contributed by atoms with Crippen molar-refractivity contribution in [2.45, 2.75) is 42.8 Å². The molecule has 2 N–H and O–H groups in total. The summed E-state index contributed by atoms with van der Waals surface area (Å²) in [7, 11) is -1.43. The average molecular weight is 373 g/mol. The van der Waals surface area contributed by atoms with Crippen LogP contribution in [0.3, 0.4) is 0 Å². The number of hydrogen-bond donors (Lipinski definition) is 1. The van der Waals surface area contributed by atoms with E-state index in [0.29, 0.717) is 10.6 Å². The summed E-state index contributed by atoms with van der Waals surface area (Å²) in [5.41, 5.74) is 6.36. The van der Waals surface area contributed by atoms with Gasteiger partial charge in [-0.1, -0.05) is 28.8 Å². The Labute approximate surface area is 136 Å². The highest BCUT2D eigenvalue weighted by molar-refractivity contribution is 9.10. The van der Waals surface area contributed by atoms with Crippen molar-refractivity contribution < 1.29 is 9.00 Å². The minimum absolute atomic E-state index is 0.0328. The van der Waals surface area contributed by atoms with Crippen LogP contribution in [0.1, 0.15) is 32.6 Å². The molecule has 0 aromatic heterocycles. The first-order valence-electron chi connectivity index (χ1n) is 7.25. The molecule has 1 heterocycles. The van der Waals surface area contributed by atoms with Crippen molar-refractivity contribution in [3.63, 3.8) is 0 Å². The molecule has 0 radical (unpaired) electrons. The third kappa shape index (κ3) is 4.07. The summed E-state index contributed by atoms with van der Waals surface area (Å²) < 4.78 is 13.5. The van der Waals surface area contributed by atoms with Gasteiger partial charge in [0.1, 0.15) is 5.25 Å². The number of rotatable bonds is 3. The molecule has 1 fully saturated rings. The predicted molar refractivity (Wildman–Crippen MR) is 89.5 cm³/mol. The maximum Gasteiger partial charge on any atom is 0.238 e. The topological polar surface area (TPSA) is 63.4 Å². The van der Waals surface area contributed by atoms with Gasteiger partial charge in [-0.15, -0.1) is 0 Å². The fraction of sp³-hybridized carbons (Fsp3) is 0.533. The van der Waals surface area contributed by atoms with Gasteiger partial charge in [0.05, 0.1) is 15.7 Å². The minimum atomic E-state index is -1.43. The summed E-state index contributed by atoms with van der Waals surface area (Å²) >= 11 is 3.35. The Balaban J connectivity index is 2.14. The quantitative estimate of drug-likeness (QED) is 0.829. The largest absolute Gasteiger partial charge is 0.398 e. The molecular weight excluding hydrogens is 352 g/mol. The fourth-order valence-corrected chi connectivity index (χ4v) is 4.28. The standard InChI is InChI=1S/C15H21BrN2O2S/c1-11(15(19)18-8-4-2-3-5-9-18)21(20)14-10-12(16)6-7-13(14)17/h6-7,10-11H,2-5,8-9,17H2,1H3. The number of nitrogens with two attached hydrogens (primary N) is 1. The summed E-state index contributed by atoms with van der Waals surface area (Å²) in [6, 6.07) is 5.25. The number of anilines is 1. The number of nitrogen functional groups attached to an aromatic ring is 1. The number of benzene rings is 1. The summed E-state index contributed by atoms with van der Waals surface area (Å²) in [5.74, 6) is -0.0328. The number of nitrogens with zero attached hydrogens (tertiary/aromatic N) is 1. The second-order valence-corrected chi connectivity index (χ2v) is 8.02.